The molecule has 1 saturated heterocycles. The van der Waals surface area contributed by atoms with Crippen molar-refractivity contribution in [3.8, 4) is 0 Å². The quantitative estimate of drug-likeness (QED) is 0.625. The second-order valence-electron chi connectivity index (χ2n) is 3.61. The smallest absolute Gasteiger partial charge is 0.107 e. The first-order valence-corrected chi connectivity index (χ1v) is 4.81. The summed E-state index contributed by atoms with van der Waals surface area (Å²) in [4.78, 5) is 2.06. The molecule has 0 amide bonds. The molecule has 78 valence electrons. The van der Waals surface area contributed by atoms with Crippen molar-refractivity contribution in [1.82, 2.24) is 4.90 Å². The van der Waals surface area contributed by atoms with E-state index < -0.39 is 12.2 Å². The molecular formula is C9H19NO3. The highest BCUT2D eigenvalue weighted by Crippen LogP contribution is 2.15. The highest BCUT2D eigenvalue weighted by molar-refractivity contribution is 4.82. The van der Waals surface area contributed by atoms with Crippen LogP contribution < -0.4 is 0 Å². The van der Waals surface area contributed by atoms with E-state index in [0.29, 0.717) is 19.6 Å². The maximum absolute atomic E-state index is 9.58. The first-order chi connectivity index (χ1) is 6.15. The second kappa shape index (κ2) is 4.91. The van der Waals surface area contributed by atoms with E-state index in [9.17, 15) is 10.2 Å². The summed E-state index contributed by atoms with van der Waals surface area (Å²) in [6, 6.07) is 0. The molecule has 0 aromatic carbocycles. The average Bonchev–Trinajstić information content (AvgIpc) is 2.13. The topological polar surface area (TPSA) is 52.9 Å². The zero-order chi connectivity index (χ0) is 9.84. The number of aliphatic hydroxyl groups is 2. The predicted molar refractivity (Wildman–Crippen MR) is 49.5 cm³/mol. The van der Waals surface area contributed by atoms with Crippen LogP contribution in [0.1, 0.15) is 13.3 Å². The van der Waals surface area contributed by atoms with Crippen molar-refractivity contribution < 1.29 is 14.9 Å². The second-order valence-corrected chi connectivity index (χ2v) is 3.61. The minimum atomic E-state index is -0.734. The Balaban J connectivity index is 2.39. The number of likely N-dealkylation sites (N-methyl/N-ethyl adjacent to an activating group) is 1. The summed E-state index contributed by atoms with van der Waals surface area (Å²) in [5.41, 5.74) is 0. The normalized spacial score (nSPS) is 35.3. The van der Waals surface area contributed by atoms with E-state index in [0.717, 1.165) is 6.54 Å². The van der Waals surface area contributed by atoms with Gasteiger partial charge in [0.25, 0.3) is 0 Å². The van der Waals surface area contributed by atoms with Crippen LogP contribution in [0.2, 0.25) is 0 Å². The third-order valence-electron chi connectivity index (χ3n) is 2.55. The van der Waals surface area contributed by atoms with Crippen LogP contribution in [-0.4, -0.2) is 60.2 Å². The van der Waals surface area contributed by atoms with E-state index in [1.54, 1.807) is 0 Å². The number of nitrogens with zero attached hydrogens (tertiary/aromatic N) is 1. The van der Waals surface area contributed by atoms with Crippen LogP contribution in [0.15, 0.2) is 0 Å². The fourth-order valence-corrected chi connectivity index (χ4v) is 1.45. The summed E-state index contributed by atoms with van der Waals surface area (Å²) in [6.07, 6.45) is -1.06. The highest BCUT2D eigenvalue weighted by Gasteiger charge is 2.31. The van der Waals surface area contributed by atoms with Crippen LogP contribution in [0.5, 0.6) is 0 Å². The molecule has 2 N–H and O–H groups in total. The molecule has 0 saturated carbocycles. The molecule has 0 aliphatic carbocycles. The molecule has 4 heteroatoms. The maximum Gasteiger partial charge on any atom is 0.107 e. The zero-order valence-electron chi connectivity index (χ0n) is 8.31. The molecular weight excluding hydrogens is 170 g/mol. The van der Waals surface area contributed by atoms with Crippen LogP contribution in [0.3, 0.4) is 0 Å². The summed E-state index contributed by atoms with van der Waals surface area (Å²) in [5.74, 6) is 0. The molecule has 0 spiro atoms. The molecule has 2 unspecified atom stereocenters. The van der Waals surface area contributed by atoms with Crippen molar-refractivity contribution in [2.24, 2.45) is 0 Å². The van der Waals surface area contributed by atoms with Crippen molar-refractivity contribution >= 4 is 0 Å². The Hall–Kier alpha value is -0.160. The summed E-state index contributed by atoms with van der Waals surface area (Å²) >= 11 is 0. The number of hydrogen-bond acceptors (Lipinski definition) is 4. The van der Waals surface area contributed by atoms with E-state index >= 15 is 0 Å². The van der Waals surface area contributed by atoms with E-state index in [2.05, 4.69) is 4.90 Å². The average molecular weight is 189 g/mol. The monoisotopic (exact) mass is 189 g/mol. The Morgan fingerprint density at radius 1 is 1.46 bits per heavy atom. The molecule has 13 heavy (non-hydrogen) atoms. The Labute approximate surface area is 79.1 Å². The lowest BCUT2D eigenvalue weighted by Crippen LogP contribution is -2.49. The van der Waals surface area contributed by atoms with Crippen molar-refractivity contribution in [2.75, 3.05) is 26.7 Å². The molecule has 3 atom stereocenters. The van der Waals surface area contributed by atoms with Gasteiger partial charge in [0.1, 0.15) is 6.10 Å². The Morgan fingerprint density at radius 3 is 2.77 bits per heavy atom. The van der Waals surface area contributed by atoms with E-state index in [4.69, 9.17) is 4.74 Å². The van der Waals surface area contributed by atoms with Gasteiger partial charge in [-0.1, -0.05) is 6.92 Å². The van der Waals surface area contributed by atoms with E-state index in [1.807, 2.05) is 14.0 Å². The summed E-state index contributed by atoms with van der Waals surface area (Å²) in [7, 11) is 1.97. The van der Waals surface area contributed by atoms with Crippen LogP contribution in [-0.2, 0) is 4.74 Å². The molecule has 1 aliphatic heterocycles. The lowest BCUT2D eigenvalue weighted by atomic mass is 10.0. The van der Waals surface area contributed by atoms with Gasteiger partial charge in [0.05, 0.1) is 12.2 Å². The lowest BCUT2D eigenvalue weighted by molar-refractivity contribution is -0.139. The van der Waals surface area contributed by atoms with Gasteiger partial charge in [-0.15, -0.1) is 0 Å². The van der Waals surface area contributed by atoms with Crippen molar-refractivity contribution in [1.29, 1.82) is 0 Å². The minimum absolute atomic E-state index is 0.242. The third kappa shape index (κ3) is 2.91. The SMILES string of the molecule is CCN(C)CC1OCCC(O)[C@@H]1O. The molecule has 0 aromatic heterocycles. The Morgan fingerprint density at radius 2 is 2.15 bits per heavy atom. The standard InChI is InChI=1S/C9H19NO3/c1-3-10(2)6-8-9(12)7(11)4-5-13-8/h7-9,11-12H,3-6H2,1-2H3/t7?,8?,9-/m0/s1. The fraction of sp³-hybridized carbons (Fsp3) is 1.00. The number of hydrogen-bond donors (Lipinski definition) is 2. The summed E-state index contributed by atoms with van der Waals surface area (Å²) in [5, 5.41) is 19.0. The van der Waals surface area contributed by atoms with Crippen molar-refractivity contribution in [2.45, 2.75) is 31.7 Å². The number of ether oxygens (including phenoxy) is 1. The Bertz CT molecular complexity index is 154. The van der Waals surface area contributed by atoms with Crippen molar-refractivity contribution in [3.05, 3.63) is 0 Å². The first kappa shape index (κ1) is 10.9. The van der Waals surface area contributed by atoms with Gasteiger partial charge in [-0.25, -0.2) is 0 Å². The maximum atomic E-state index is 9.58. The van der Waals surface area contributed by atoms with Crippen LogP contribution in [0.4, 0.5) is 0 Å². The molecule has 1 rings (SSSR count). The lowest BCUT2D eigenvalue weighted by Gasteiger charge is -2.34. The van der Waals surface area contributed by atoms with Gasteiger partial charge in [0, 0.05) is 13.2 Å². The molecule has 0 radical (unpaired) electrons. The summed E-state index contributed by atoms with van der Waals surface area (Å²) < 4.78 is 5.38. The van der Waals surface area contributed by atoms with Gasteiger partial charge in [0.2, 0.25) is 0 Å². The molecule has 1 aliphatic rings. The fourth-order valence-electron chi connectivity index (χ4n) is 1.45. The molecule has 4 nitrogen and oxygen atoms in total. The van der Waals surface area contributed by atoms with E-state index in [-0.39, 0.29) is 6.10 Å². The molecule has 1 fully saturated rings. The molecule has 0 bridgehead atoms. The van der Waals surface area contributed by atoms with Crippen molar-refractivity contribution in [3.63, 3.8) is 0 Å². The highest BCUT2D eigenvalue weighted by atomic mass is 16.5. The Kier molecular flexibility index (Phi) is 4.12. The molecule has 1 heterocycles. The van der Waals surface area contributed by atoms with Crippen LogP contribution in [0.25, 0.3) is 0 Å². The van der Waals surface area contributed by atoms with Gasteiger partial charge >= 0.3 is 0 Å². The number of aliphatic hydroxyl groups excluding tert-OH is 2. The van der Waals surface area contributed by atoms with Gasteiger partial charge in [-0.05, 0) is 20.0 Å². The predicted octanol–water partition coefficient (Wildman–Crippen LogP) is -0.551. The van der Waals surface area contributed by atoms with E-state index in [1.165, 1.54) is 0 Å². The first-order valence-electron chi connectivity index (χ1n) is 4.81. The van der Waals surface area contributed by atoms with Gasteiger partial charge in [-0.2, -0.15) is 0 Å². The third-order valence-corrected chi connectivity index (χ3v) is 2.55. The molecule has 0 aromatic rings. The zero-order valence-corrected chi connectivity index (χ0v) is 8.31. The largest absolute Gasteiger partial charge is 0.390 e. The van der Waals surface area contributed by atoms with Gasteiger partial charge in [-0.3, -0.25) is 0 Å². The summed E-state index contributed by atoms with van der Waals surface area (Å²) in [6.45, 7) is 4.18. The van der Waals surface area contributed by atoms with Gasteiger partial charge in [0.15, 0.2) is 0 Å². The van der Waals surface area contributed by atoms with Crippen LogP contribution >= 0.6 is 0 Å². The van der Waals surface area contributed by atoms with Crippen LogP contribution in [0, 0.1) is 0 Å². The minimum Gasteiger partial charge on any atom is -0.390 e. The number of rotatable bonds is 3. The van der Waals surface area contributed by atoms with Gasteiger partial charge < -0.3 is 19.8 Å².